The van der Waals surface area contributed by atoms with E-state index in [4.69, 9.17) is 0 Å². The Morgan fingerprint density at radius 3 is 2.84 bits per heavy atom. The van der Waals surface area contributed by atoms with E-state index in [-0.39, 0.29) is 18.1 Å². The Hall–Kier alpha value is -1.39. The Morgan fingerprint density at radius 1 is 1.37 bits per heavy atom. The van der Waals surface area contributed by atoms with Crippen molar-refractivity contribution >= 4 is 5.91 Å². The van der Waals surface area contributed by atoms with Crippen LogP contribution in [-0.2, 0) is 17.8 Å². The summed E-state index contributed by atoms with van der Waals surface area (Å²) in [4.78, 5) is 12.1. The van der Waals surface area contributed by atoms with Crippen LogP contribution in [0.2, 0.25) is 0 Å². The first-order chi connectivity index (χ1) is 9.24. The van der Waals surface area contributed by atoms with Gasteiger partial charge in [-0.05, 0) is 36.3 Å². The second kappa shape index (κ2) is 5.31. The Bertz CT molecular complexity index is 471. The smallest absolute Gasteiger partial charge is 0.237 e. The Kier molecular flexibility index (Phi) is 3.53. The van der Waals surface area contributed by atoms with Gasteiger partial charge in [-0.3, -0.25) is 4.79 Å². The van der Waals surface area contributed by atoms with Crippen molar-refractivity contribution in [2.45, 2.75) is 38.0 Å². The molecule has 2 aliphatic rings. The molecule has 1 aliphatic carbocycles. The molecule has 4 heteroatoms. The highest BCUT2D eigenvalue weighted by atomic mass is 16.3. The summed E-state index contributed by atoms with van der Waals surface area (Å²) in [5.74, 6) is 0.398. The molecule has 2 atom stereocenters. The Morgan fingerprint density at radius 2 is 2.11 bits per heavy atom. The van der Waals surface area contributed by atoms with Gasteiger partial charge in [0, 0.05) is 13.1 Å². The quantitative estimate of drug-likeness (QED) is 0.742. The monoisotopic (exact) mass is 260 g/mol. The molecule has 1 amide bonds. The maximum absolute atomic E-state index is 12.1. The lowest BCUT2D eigenvalue weighted by atomic mass is 9.95. The molecule has 3 N–H and O–H groups in total. The molecule has 1 aliphatic heterocycles. The summed E-state index contributed by atoms with van der Waals surface area (Å²) < 4.78 is 0. The molecule has 2 unspecified atom stereocenters. The van der Waals surface area contributed by atoms with Crippen LogP contribution in [-0.4, -0.2) is 29.7 Å². The van der Waals surface area contributed by atoms with Crippen molar-refractivity contribution in [3.8, 4) is 0 Å². The standard InChI is InChI=1S/C15H20N2O2/c18-14(10-5-6-10)9-17-15(19)13-7-11-3-1-2-4-12(11)8-16-13/h1-4,10,13-14,16,18H,5-9H2,(H,17,19). The van der Waals surface area contributed by atoms with Gasteiger partial charge in [-0.1, -0.05) is 24.3 Å². The first-order valence-corrected chi connectivity index (χ1v) is 7.00. The minimum absolute atomic E-state index is 0.00537. The fourth-order valence-electron chi connectivity index (χ4n) is 2.62. The van der Waals surface area contributed by atoms with Crippen LogP contribution in [0.15, 0.2) is 24.3 Å². The van der Waals surface area contributed by atoms with Crippen LogP contribution >= 0.6 is 0 Å². The predicted molar refractivity (Wildman–Crippen MR) is 72.5 cm³/mol. The van der Waals surface area contributed by atoms with Gasteiger partial charge in [0.05, 0.1) is 12.1 Å². The minimum Gasteiger partial charge on any atom is -0.391 e. The Balaban J connectivity index is 1.53. The second-order valence-corrected chi connectivity index (χ2v) is 5.56. The summed E-state index contributed by atoms with van der Waals surface area (Å²) in [6, 6.07) is 8.02. The van der Waals surface area contributed by atoms with E-state index in [0.29, 0.717) is 12.5 Å². The highest BCUT2D eigenvalue weighted by Gasteiger charge is 2.30. The predicted octanol–water partition coefficient (Wildman–Crippen LogP) is 0.588. The normalized spacial score (nSPS) is 23.5. The lowest BCUT2D eigenvalue weighted by molar-refractivity contribution is -0.123. The van der Waals surface area contributed by atoms with Crippen LogP contribution in [0.25, 0.3) is 0 Å². The van der Waals surface area contributed by atoms with E-state index >= 15 is 0 Å². The molecule has 1 saturated carbocycles. The third kappa shape index (κ3) is 2.96. The van der Waals surface area contributed by atoms with Crippen molar-refractivity contribution in [2.24, 2.45) is 5.92 Å². The van der Waals surface area contributed by atoms with E-state index in [2.05, 4.69) is 22.8 Å². The van der Waals surface area contributed by atoms with E-state index in [0.717, 1.165) is 25.8 Å². The largest absolute Gasteiger partial charge is 0.391 e. The van der Waals surface area contributed by atoms with Crippen LogP contribution in [0.1, 0.15) is 24.0 Å². The molecular weight excluding hydrogens is 240 g/mol. The minimum atomic E-state index is -0.375. The van der Waals surface area contributed by atoms with Gasteiger partial charge in [0.1, 0.15) is 0 Å². The van der Waals surface area contributed by atoms with Crippen molar-refractivity contribution in [3.63, 3.8) is 0 Å². The average Bonchev–Trinajstić information content (AvgIpc) is 3.28. The zero-order valence-electron chi connectivity index (χ0n) is 10.9. The first kappa shape index (κ1) is 12.6. The number of hydrogen-bond acceptors (Lipinski definition) is 3. The van der Waals surface area contributed by atoms with E-state index in [9.17, 15) is 9.90 Å². The van der Waals surface area contributed by atoms with E-state index in [1.165, 1.54) is 11.1 Å². The fraction of sp³-hybridized carbons (Fsp3) is 0.533. The number of carbonyl (C=O) groups is 1. The molecule has 1 fully saturated rings. The van der Waals surface area contributed by atoms with Crippen molar-refractivity contribution in [3.05, 3.63) is 35.4 Å². The van der Waals surface area contributed by atoms with Gasteiger partial charge in [0.25, 0.3) is 0 Å². The molecule has 1 heterocycles. The number of aliphatic hydroxyl groups excluding tert-OH is 1. The highest BCUT2D eigenvalue weighted by Crippen LogP contribution is 2.32. The maximum atomic E-state index is 12.1. The van der Waals surface area contributed by atoms with E-state index in [1.807, 2.05) is 12.1 Å². The second-order valence-electron chi connectivity index (χ2n) is 5.56. The lowest BCUT2D eigenvalue weighted by Gasteiger charge is -2.25. The number of rotatable bonds is 4. The highest BCUT2D eigenvalue weighted by molar-refractivity contribution is 5.82. The van der Waals surface area contributed by atoms with Gasteiger partial charge in [0.15, 0.2) is 0 Å². The molecule has 0 aromatic heterocycles. The number of aliphatic hydroxyl groups is 1. The number of nitrogens with one attached hydrogen (secondary N) is 2. The van der Waals surface area contributed by atoms with Crippen molar-refractivity contribution in [2.75, 3.05) is 6.54 Å². The summed E-state index contributed by atoms with van der Waals surface area (Å²) in [5, 5.41) is 15.9. The summed E-state index contributed by atoms with van der Waals surface area (Å²) in [6.07, 6.45) is 2.53. The number of benzene rings is 1. The topological polar surface area (TPSA) is 61.4 Å². The first-order valence-electron chi connectivity index (χ1n) is 7.00. The van der Waals surface area contributed by atoms with Gasteiger partial charge < -0.3 is 15.7 Å². The summed E-state index contributed by atoms with van der Waals surface area (Å²) in [6.45, 7) is 1.11. The van der Waals surface area contributed by atoms with Crippen molar-refractivity contribution in [1.29, 1.82) is 0 Å². The van der Waals surface area contributed by atoms with Gasteiger partial charge in [0.2, 0.25) is 5.91 Å². The molecule has 1 aromatic carbocycles. The zero-order valence-corrected chi connectivity index (χ0v) is 10.9. The molecule has 102 valence electrons. The maximum Gasteiger partial charge on any atom is 0.237 e. The van der Waals surface area contributed by atoms with Crippen LogP contribution in [0, 0.1) is 5.92 Å². The van der Waals surface area contributed by atoms with Crippen molar-refractivity contribution in [1.82, 2.24) is 10.6 Å². The van der Waals surface area contributed by atoms with Crippen molar-refractivity contribution < 1.29 is 9.90 Å². The van der Waals surface area contributed by atoms with Gasteiger partial charge in [-0.2, -0.15) is 0 Å². The van der Waals surface area contributed by atoms with Gasteiger partial charge in [-0.25, -0.2) is 0 Å². The molecule has 0 spiro atoms. The molecule has 0 radical (unpaired) electrons. The number of fused-ring (bicyclic) bond motifs is 1. The lowest BCUT2D eigenvalue weighted by Crippen LogP contribution is -2.49. The molecule has 1 aromatic rings. The molecule has 3 rings (SSSR count). The molecule has 0 saturated heterocycles. The van der Waals surface area contributed by atoms with E-state index in [1.54, 1.807) is 0 Å². The molecular formula is C15H20N2O2. The molecule has 19 heavy (non-hydrogen) atoms. The average molecular weight is 260 g/mol. The molecule has 4 nitrogen and oxygen atoms in total. The third-order valence-corrected chi connectivity index (χ3v) is 4.05. The zero-order chi connectivity index (χ0) is 13.2. The van der Waals surface area contributed by atoms with Crippen LogP contribution in [0.5, 0.6) is 0 Å². The summed E-state index contributed by atoms with van der Waals surface area (Å²) in [7, 11) is 0. The van der Waals surface area contributed by atoms with Crippen LogP contribution in [0.4, 0.5) is 0 Å². The van der Waals surface area contributed by atoms with Gasteiger partial charge in [-0.15, -0.1) is 0 Å². The Labute approximate surface area is 113 Å². The summed E-state index contributed by atoms with van der Waals surface area (Å²) in [5.41, 5.74) is 2.51. The fourth-order valence-corrected chi connectivity index (χ4v) is 2.62. The van der Waals surface area contributed by atoms with Crippen LogP contribution < -0.4 is 10.6 Å². The number of hydrogen-bond donors (Lipinski definition) is 3. The SMILES string of the molecule is O=C(NCC(O)C1CC1)C1Cc2ccccc2CN1. The number of amides is 1. The number of carbonyl (C=O) groups excluding carboxylic acids is 1. The van der Waals surface area contributed by atoms with Crippen LogP contribution in [0.3, 0.4) is 0 Å². The van der Waals surface area contributed by atoms with Gasteiger partial charge >= 0.3 is 0 Å². The third-order valence-electron chi connectivity index (χ3n) is 4.05. The molecule has 0 bridgehead atoms. The summed E-state index contributed by atoms with van der Waals surface area (Å²) >= 11 is 0. The van der Waals surface area contributed by atoms with E-state index < -0.39 is 0 Å².